The number of alkyl halides is 3. The third-order valence-corrected chi connectivity index (χ3v) is 11.1. The zero-order valence-electron chi connectivity index (χ0n) is 24.6. The molecule has 0 bridgehead atoms. The Kier molecular flexibility index (Phi) is 8.08. The monoisotopic (exact) mass is 626 g/mol. The molecule has 43 heavy (non-hydrogen) atoms. The minimum atomic E-state index is -4.71. The second-order valence-corrected chi connectivity index (χ2v) is 15.0. The van der Waals surface area contributed by atoms with Crippen LogP contribution < -0.4 is 10.1 Å². The smallest absolute Gasteiger partial charge is 0.423 e. The van der Waals surface area contributed by atoms with Crippen LogP contribution in [-0.2, 0) is 20.8 Å². The maximum atomic E-state index is 13.9. The van der Waals surface area contributed by atoms with Gasteiger partial charge in [-0.05, 0) is 66.7 Å². The molecule has 3 unspecified atom stereocenters. The van der Waals surface area contributed by atoms with Gasteiger partial charge in [0, 0.05) is 31.4 Å². The van der Waals surface area contributed by atoms with E-state index in [1.807, 2.05) is 20.8 Å². The van der Waals surface area contributed by atoms with Crippen LogP contribution in [0, 0.1) is 23.7 Å². The fourth-order valence-corrected chi connectivity index (χ4v) is 9.58. The minimum Gasteiger partial charge on any atom is -0.471 e. The number of benzene rings is 1. The number of hydrogen-bond acceptors (Lipinski definition) is 8. The summed E-state index contributed by atoms with van der Waals surface area (Å²) in [7, 11) is -3.74. The Morgan fingerprint density at radius 2 is 1.91 bits per heavy atom. The number of nitrogens with zero attached hydrogens (tertiary/aromatic N) is 3. The van der Waals surface area contributed by atoms with Gasteiger partial charge < -0.3 is 24.8 Å². The summed E-state index contributed by atoms with van der Waals surface area (Å²) in [4.78, 5) is 20.8. The molecule has 2 saturated heterocycles. The molecule has 1 aromatic heterocycles. The van der Waals surface area contributed by atoms with Crippen molar-refractivity contribution < 1.29 is 41.0 Å². The molecule has 1 aliphatic carbocycles. The van der Waals surface area contributed by atoms with Crippen LogP contribution in [0.2, 0.25) is 0 Å². The van der Waals surface area contributed by atoms with Crippen LogP contribution in [0.25, 0.3) is 0 Å². The average molecular weight is 627 g/mol. The number of aromatic nitrogens is 2. The lowest BCUT2D eigenvalue weighted by Crippen LogP contribution is -2.63. The van der Waals surface area contributed by atoms with Gasteiger partial charge in [-0.2, -0.15) is 18.2 Å². The van der Waals surface area contributed by atoms with Crippen molar-refractivity contribution in [1.82, 2.24) is 14.9 Å². The van der Waals surface area contributed by atoms with Gasteiger partial charge in [-0.25, -0.2) is 18.2 Å². The zero-order valence-corrected chi connectivity index (χ0v) is 25.4. The Morgan fingerprint density at radius 3 is 2.47 bits per heavy atom. The van der Waals surface area contributed by atoms with E-state index in [2.05, 4.69) is 15.3 Å². The van der Waals surface area contributed by atoms with Crippen molar-refractivity contribution in [2.24, 2.45) is 16.7 Å². The van der Waals surface area contributed by atoms with E-state index in [1.54, 1.807) is 19.1 Å². The number of ether oxygens (including phenoxy) is 2. The molecule has 1 aromatic carbocycles. The van der Waals surface area contributed by atoms with Crippen LogP contribution in [0.15, 0.2) is 29.3 Å². The van der Waals surface area contributed by atoms with Crippen molar-refractivity contribution in [3.8, 4) is 5.88 Å². The van der Waals surface area contributed by atoms with E-state index in [9.17, 15) is 31.5 Å². The van der Waals surface area contributed by atoms with Gasteiger partial charge >= 0.3 is 12.3 Å². The molecule has 3 aliphatic rings. The number of anilines is 2. The number of carbonyl (C=O) groups is 1. The van der Waals surface area contributed by atoms with E-state index in [1.165, 1.54) is 11.0 Å². The minimum absolute atomic E-state index is 0.123. The second-order valence-electron chi connectivity index (χ2n) is 12.9. The molecule has 2 aliphatic heterocycles. The van der Waals surface area contributed by atoms with E-state index in [4.69, 9.17) is 9.47 Å². The highest BCUT2D eigenvalue weighted by Gasteiger charge is 2.62. The fourth-order valence-electron chi connectivity index (χ4n) is 7.03. The van der Waals surface area contributed by atoms with Crippen molar-refractivity contribution in [2.75, 3.05) is 31.6 Å². The summed E-state index contributed by atoms with van der Waals surface area (Å²) in [5.41, 5.74) is -0.659. The van der Waals surface area contributed by atoms with E-state index in [0.29, 0.717) is 62.8 Å². The van der Waals surface area contributed by atoms with Gasteiger partial charge in [0.05, 0.1) is 23.4 Å². The number of rotatable bonds is 6. The first kappa shape index (κ1) is 31.3. The first-order chi connectivity index (χ1) is 20.0. The van der Waals surface area contributed by atoms with Crippen molar-refractivity contribution in [3.63, 3.8) is 0 Å². The first-order valence-electron chi connectivity index (χ1n) is 14.3. The maximum absolute atomic E-state index is 13.9. The van der Waals surface area contributed by atoms with E-state index >= 15 is 0 Å². The molecule has 0 radical (unpaired) electrons. The normalized spacial score (nSPS) is 24.1. The SMILES string of the molecule is Cc1cc(S(=O)(=O)C2CC3(CCN(C(=O)O)CC3)C2C(C)(C)C)ccc1Nc1ncc(C(F)(F)F)c(OC2CCOC2)n1. The molecule has 3 fully saturated rings. The Morgan fingerprint density at radius 1 is 1.21 bits per heavy atom. The lowest BCUT2D eigenvalue weighted by molar-refractivity contribution is -0.139. The zero-order chi connectivity index (χ0) is 31.4. The number of amides is 1. The third kappa shape index (κ3) is 6.13. The van der Waals surface area contributed by atoms with E-state index in [0.717, 1.165) is 0 Å². The van der Waals surface area contributed by atoms with Crippen LogP contribution in [0.3, 0.4) is 0 Å². The lowest BCUT2D eigenvalue weighted by Gasteiger charge is -2.62. The van der Waals surface area contributed by atoms with E-state index < -0.39 is 44.9 Å². The predicted molar refractivity (Wildman–Crippen MR) is 151 cm³/mol. The third-order valence-electron chi connectivity index (χ3n) is 9.00. The Labute approximate surface area is 248 Å². The van der Waals surface area contributed by atoms with Crippen molar-refractivity contribution in [1.29, 1.82) is 0 Å². The van der Waals surface area contributed by atoms with Crippen molar-refractivity contribution in [3.05, 3.63) is 35.5 Å². The highest BCUT2D eigenvalue weighted by Crippen LogP contribution is 2.62. The summed E-state index contributed by atoms with van der Waals surface area (Å²) in [6, 6.07) is 4.59. The van der Waals surface area contributed by atoms with Gasteiger partial charge in [-0.3, -0.25) is 0 Å². The van der Waals surface area contributed by atoms with Crippen LogP contribution in [0.4, 0.5) is 29.6 Å². The number of aryl methyl sites for hydroxylation is 1. The second kappa shape index (κ2) is 11.1. The summed E-state index contributed by atoms with van der Waals surface area (Å²) in [5.74, 6) is -0.871. The van der Waals surface area contributed by atoms with Crippen molar-refractivity contribution >= 4 is 27.6 Å². The molecule has 3 heterocycles. The molecule has 1 spiro atoms. The molecule has 3 atom stereocenters. The molecule has 1 saturated carbocycles. The van der Waals surface area contributed by atoms with Crippen LogP contribution in [0.1, 0.15) is 57.6 Å². The maximum Gasteiger partial charge on any atom is 0.423 e. The van der Waals surface area contributed by atoms with Gasteiger partial charge in [0.25, 0.3) is 0 Å². The van der Waals surface area contributed by atoms with Gasteiger partial charge in [0.1, 0.15) is 11.7 Å². The van der Waals surface area contributed by atoms with Crippen LogP contribution in [0.5, 0.6) is 5.88 Å². The largest absolute Gasteiger partial charge is 0.471 e. The van der Waals surface area contributed by atoms with Gasteiger partial charge in [-0.15, -0.1) is 0 Å². The summed E-state index contributed by atoms with van der Waals surface area (Å²) >= 11 is 0. The molecular weight excluding hydrogens is 589 g/mol. The molecule has 2 aromatic rings. The van der Waals surface area contributed by atoms with Crippen molar-refractivity contribution in [2.45, 2.75) is 75.8 Å². The van der Waals surface area contributed by atoms with Gasteiger partial charge in [0.15, 0.2) is 9.84 Å². The molecule has 2 N–H and O–H groups in total. The molecule has 5 rings (SSSR count). The highest BCUT2D eigenvalue weighted by atomic mass is 32.2. The summed E-state index contributed by atoms with van der Waals surface area (Å²) in [5, 5.41) is 11.7. The highest BCUT2D eigenvalue weighted by molar-refractivity contribution is 7.92. The number of likely N-dealkylation sites (tertiary alicyclic amines) is 1. The quantitative estimate of drug-likeness (QED) is 0.416. The summed E-state index contributed by atoms with van der Waals surface area (Å²) in [6.45, 7) is 9.13. The topological polar surface area (TPSA) is 131 Å². The molecular formula is C29H37F3N4O6S. The number of sulfone groups is 1. The summed E-state index contributed by atoms with van der Waals surface area (Å²) < 4.78 is 79.3. The van der Waals surface area contributed by atoms with Gasteiger partial charge in [0.2, 0.25) is 11.8 Å². The van der Waals surface area contributed by atoms with Crippen LogP contribution in [-0.4, -0.2) is 72.1 Å². The number of hydrogen-bond donors (Lipinski definition) is 2. The molecule has 10 nitrogen and oxygen atoms in total. The number of carboxylic acid groups (broad SMARTS) is 1. The predicted octanol–water partition coefficient (Wildman–Crippen LogP) is 5.68. The Balaban J connectivity index is 1.36. The molecule has 236 valence electrons. The standard InChI is InChI=1S/C29H37F3N4O6S/c1-17-13-19(43(39,40)22-14-28(23(22)27(2,3)4)8-10-36(11-9-28)26(37)38)5-6-21(17)34-25-33-15-20(29(30,31)32)24(35-25)42-18-7-12-41-16-18/h5-6,13,15,18,22-23H,7-12,14,16H2,1-4H3,(H,37,38)(H,33,34,35). The first-order valence-corrected chi connectivity index (χ1v) is 15.8. The summed E-state index contributed by atoms with van der Waals surface area (Å²) in [6.07, 6.45) is -3.39. The fraction of sp³-hybridized carbons (Fsp3) is 0.621. The molecule has 14 heteroatoms. The Bertz CT molecular complexity index is 1480. The number of halogens is 3. The number of nitrogens with one attached hydrogen (secondary N) is 1. The van der Waals surface area contributed by atoms with Gasteiger partial charge in [-0.1, -0.05) is 20.8 Å². The van der Waals surface area contributed by atoms with Crippen LogP contribution >= 0.6 is 0 Å². The average Bonchev–Trinajstić information content (AvgIpc) is 3.40. The number of piperidine rings is 1. The lowest BCUT2D eigenvalue weighted by atomic mass is 9.48. The Hall–Kier alpha value is -3.13. The molecule has 1 amide bonds. The van der Waals surface area contributed by atoms with E-state index in [-0.39, 0.29) is 34.2 Å².